The molecule has 0 aliphatic heterocycles. The van der Waals surface area contributed by atoms with Gasteiger partial charge in [-0.1, -0.05) is 30.7 Å². The van der Waals surface area contributed by atoms with Gasteiger partial charge in [-0.15, -0.1) is 0 Å². The van der Waals surface area contributed by atoms with Gasteiger partial charge >= 0.3 is 6.09 Å². The van der Waals surface area contributed by atoms with Gasteiger partial charge in [0.15, 0.2) is 17.1 Å². The molecule has 0 bridgehead atoms. The second-order valence-corrected chi connectivity index (χ2v) is 8.03. The van der Waals surface area contributed by atoms with Gasteiger partial charge in [-0.3, -0.25) is 9.59 Å². The number of nitrogens with one attached hydrogen (secondary N) is 2. The van der Waals surface area contributed by atoms with Crippen molar-refractivity contribution in [3.8, 4) is 0 Å². The Morgan fingerprint density at radius 2 is 1.65 bits per heavy atom. The number of nitrogens with two attached hydrogens (primary N) is 1. The first-order valence-corrected chi connectivity index (χ1v) is 10.5. The van der Waals surface area contributed by atoms with E-state index in [9.17, 15) is 14.4 Å². The summed E-state index contributed by atoms with van der Waals surface area (Å²) in [7, 11) is 0. The molecular formula is C22H25N5O4. The number of carbonyl (C=O) groups excluding carboxylic acids is 3. The third-order valence-corrected chi connectivity index (χ3v) is 5.90. The monoisotopic (exact) mass is 423 g/mol. The molecule has 2 aliphatic carbocycles. The van der Waals surface area contributed by atoms with E-state index in [0.717, 1.165) is 32.1 Å². The number of hydrogen-bond donors (Lipinski definition) is 3. The average Bonchev–Trinajstić information content (AvgIpc) is 3.16. The highest BCUT2D eigenvalue weighted by Crippen LogP contribution is 2.33. The van der Waals surface area contributed by atoms with Gasteiger partial charge in [0, 0.05) is 18.4 Å². The van der Waals surface area contributed by atoms with Crippen LogP contribution in [0.2, 0.25) is 0 Å². The van der Waals surface area contributed by atoms with E-state index >= 15 is 0 Å². The van der Waals surface area contributed by atoms with E-state index in [1.165, 1.54) is 23.5 Å². The lowest BCUT2D eigenvalue weighted by Crippen LogP contribution is -2.49. The molecule has 0 spiro atoms. The molecule has 1 heterocycles. The molecule has 0 atom stereocenters. The highest BCUT2D eigenvalue weighted by Gasteiger charge is 2.43. The minimum Gasteiger partial charge on any atom is -0.433 e. The SMILES string of the molecule is NC(=O)OC1(C(=O)Nc2nccnc2C(=O)NC2Cc3ccccc3C2)CCCCC1. The molecule has 4 rings (SSSR count). The number of rotatable bonds is 5. The van der Waals surface area contributed by atoms with Crippen LogP contribution >= 0.6 is 0 Å². The van der Waals surface area contributed by atoms with Crippen LogP contribution in [-0.4, -0.2) is 39.5 Å². The van der Waals surface area contributed by atoms with Crippen LogP contribution in [0.25, 0.3) is 0 Å². The second kappa shape index (κ2) is 8.71. The summed E-state index contributed by atoms with van der Waals surface area (Å²) >= 11 is 0. The zero-order chi connectivity index (χ0) is 21.8. The van der Waals surface area contributed by atoms with Gasteiger partial charge in [-0.25, -0.2) is 14.8 Å². The highest BCUT2D eigenvalue weighted by atomic mass is 16.6. The maximum absolute atomic E-state index is 13.0. The Balaban J connectivity index is 1.48. The van der Waals surface area contributed by atoms with E-state index in [-0.39, 0.29) is 17.6 Å². The summed E-state index contributed by atoms with van der Waals surface area (Å²) < 4.78 is 5.23. The van der Waals surface area contributed by atoms with Crippen LogP contribution in [0.3, 0.4) is 0 Å². The van der Waals surface area contributed by atoms with Gasteiger partial charge in [-0.2, -0.15) is 0 Å². The minimum atomic E-state index is -1.36. The lowest BCUT2D eigenvalue weighted by Gasteiger charge is -2.34. The maximum atomic E-state index is 13.0. The molecule has 0 unspecified atom stereocenters. The zero-order valence-corrected chi connectivity index (χ0v) is 17.1. The Kier molecular flexibility index (Phi) is 5.83. The molecule has 9 nitrogen and oxygen atoms in total. The molecular weight excluding hydrogens is 398 g/mol. The van der Waals surface area contributed by atoms with Crippen molar-refractivity contribution in [3.63, 3.8) is 0 Å². The summed E-state index contributed by atoms with van der Waals surface area (Å²) in [5.41, 5.74) is 6.29. The van der Waals surface area contributed by atoms with Crippen molar-refractivity contribution >= 4 is 23.7 Å². The number of fused-ring (bicyclic) bond motifs is 1. The van der Waals surface area contributed by atoms with E-state index in [0.29, 0.717) is 12.8 Å². The highest BCUT2D eigenvalue weighted by molar-refractivity contribution is 6.04. The largest absolute Gasteiger partial charge is 0.433 e. The summed E-state index contributed by atoms with van der Waals surface area (Å²) in [5, 5.41) is 5.62. The standard InChI is InChI=1S/C22H25N5O4/c23-21(30)31-22(8-4-1-5-9-22)20(29)27-18-17(24-10-11-25-18)19(28)26-16-12-14-6-2-3-7-15(14)13-16/h2-3,6-7,10-11,16H,1,4-5,8-9,12-13H2,(H2,23,30)(H,26,28)(H,25,27,29). The molecule has 1 saturated carbocycles. The van der Waals surface area contributed by atoms with Gasteiger partial charge < -0.3 is 21.1 Å². The second-order valence-electron chi connectivity index (χ2n) is 8.03. The minimum absolute atomic E-state index is 0.0110. The van der Waals surface area contributed by atoms with Gasteiger partial charge in [0.1, 0.15) is 0 Å². The van der Waals surface area contributed by atoms with Gasteiger partial charge in [-0.05, 0) is 49.7 Å². The van der Waals surface area contributed by atoms with Gasteiger partial charge in [0.25, 0.3) is 11.8 Å². The molecule has 4 N–H and O–H groups in total. The number of amides is 3. The summed E-state index contributed by atoms with van der Waals surface area (Å²) in [5.74, 6) is -0.943. The van der Waals surface area contributed by atoms with Crippen molar-refractivity contribution in [1.29, 1.82) is 0 Å². The van der Waals surface area contributed by atoms with E-state index in [1.807, 2.05) is 12.1 Å². The van der Waals surface area contributed by atoms with E-state index < -0.39 is 23.5 Å². The fraction of sp³-hybridized carbons (Fsp3) is 0.409. The predicted octanol–water partition coefficient (Wildman–Crippen LogP) is 2.11. The third kappa shape index (κ3) is 4.50. The van der Waals surface area contributed by atoms with Crippen LogP contribution in [-0.2, 0) is 22.4 Å². The molecule has 1 fully saturated rings. The molecule has 2 aliphatic rings. The molecule has 1 aromatic carbocycles. The quantitative estimate of drug-likeness (QED) is 0.674. The Morgan fingerprint density at radius 1 is 1.00 bits per heavy atom. The molecule has 162 valence electrons. The summed E-state index contributed by atoms with van der Waals surface area (Å²) in [4.78, 5) is 45.6. The first-order chi connectivity index (χ1) is 15.0. The van der Waals surface area contributed by atoms with Crippen LogP contribution in [0.5, 0.6) is 0 Å². The number of aromatic nitrogens is 2. The molecule has 9 heteroatoms. The third-order valence-electron chi connectivity index (χ3n) is 5.90. The van der Waals surface area contributed by atoms with E-state index in [2.05, 4.69) is 32.7 Å². The van der Waals surface area contributed by atoms with Crippen LogP contribution in [0, 0.1) is 0 Å². The normalized spacial score (nSPS) is 17.4. The van der Waals surface area contributed by atoms with Crippen LogP contribution in [0.1, 0.15) is 53.7 Å². The number of ether oxygens (including phenoxy) is 1. The summed E-state index contributed by atoms with van der Waals surface area (Å²) in [6, 6.07) is 8.01. The molecule has 31 heavy (non-hydrogen) atoms. The molecule has 0 radical (unpaired) electrons. The van der Waals surface area contributed by atoms with E-state index in [4.69, 9.17) is 10.5 Å². The van der Waals surface area contributed by atoms with Crippen molar-refractivity contribution in [1.82, 2.24) is 15.3 Å². The van der Waals surface area contributed by atoms with Crippen molar-refractivity contribution in [2.75, 3.05) is 5.32 Å². The fourth-order valence-electron chi connectivity index (χ4n) is 4.42. The van der Waals surface area contributed by atoms with Crippen LogP contribution in [0.4, 0.5) is 10.6 Å². The number of hydrogen-bond acceptors (Lipinski definition) is 6. The number of anilines is 1. The van der Waals surface area contributed by atoms with Gasteiger partial charge in [0.2, 0.25) is 0 Å². The number of benzene rings is 1. The zero-order valence-electron chi connectivity index (χ0n) is 17.1. The first kappa shape index (κ1) is 20.8. The number of carbonyl (C=O) groups is 3. The fourth-order valence-corrected chi connectivity index (χ4v) is 4.42. The number of primary amides is 1. The summed E-state index contributed by atoms with van der Waals surface area (Å²) in [6.07, 6.45) is 6.39. The number of nitrogens with zero attached hydrogens (tertiary/aromatic N) is 2. The maximum Gasteiger partial charge on any atom is 0.405 e. The van der Waals surface area contributed by atoms with Crippen molar-refractivity contribution < 1.29 is 19.1 Å². The molecule has 0 saturated heterocycles. The Labute approximate surface area is 179 Å². The predicted molar refractivity (Wildman–Crippen MR) is 112 cm³/mol. The molecule has 3 amide bonds. The van der Waals surface area contributed by atoms with Crippen molar-refractivity contribution in [2.45, 2.75) is 56.6 Å². The lowest BCUT2D eigenvalue weighted by atomic mass is 9.84. The Bertz CT molecular complexity index is 978. The first-order valence-electron chi connectivity index (χ1n) is 10.5. The lowest BCUT2D eigenvalue weighted by molar-refractivity contribution is -0.137. The average molecular weight is 423 g/mol. The van der Waals surface area contributed by atoms with Crippen molar-refractivity contribution in [3.05, 3.63) is 53.5 Å². The smallest absolute Gasteiger partial charge is 0.405 e. The van der Waals surface area contributed by atoms with Crippen molar-refractivity contribution in [2.24, 2.45) is 5.73 Å². The van der Waals surface area contributed by atoms with Gasteiger partial charge in [0.05, 0.1) is 0 Å². The molecule has 2 aromatic rings. The Hall–Kier alpha value is -3.49. The van der Waals surface area contributed by atoms with Crippen LogP contribution < -0.4 is 16.4 Å². The van der Waals surface area contributed by atoms with Crippen LogP contribution in [0.15, 0.2) is 36.7 Å². The molecule has 1 aromatic heterocycles. The Morgan fingerprint density at radius 3 is 2.29 bits per heavy atom. The summed E-state index contributed by atoms with van der Waals surface area (Å²) in [6.45, 7) is 0. The topological polar surface area (TPSA) is 136 Å². The van der Waals surface area contributed by atoms with E-state index in [1.54, 1.807) is 0 Å².